The summed E-state index contributed by atoms with van der Waals surface area (Å²) in [5.41, 5.74) is -1.29. The number of ether oxygens (including phenoxy) is 1. The summed E-state index contributed by atoms with van der Waals surface area (Å²) < 4.78 is 22.4. The molecule has 0 saturated carbocycles. The molecule has 5 atom stereocenters. The average molecular weight is 514 g/mol. The fraction of sp³-hybridized carbons (Fsp3) is 0.607. The Morgan fingerprint density at radius 2 is 2.08 bits per heavy atom. The first-order valence-corrected chi connectivity index (χ1v) is 13.2. The molecule has 0 aromatic heterocycles. The number of nitrogens with zero attached hydrogens (tertiary/aromatic N) is 3. The van der Waals surface area contributed by atoms with Crippen molar-refractivity contribution in [2.45, 2.75) is 69.9 Å². The van der Waals surface area contributed by atoms with E-state index in [1.165, 1.54) is 13.8 Å². The lowest BCUT2D eigenvalue weighted by molar-refractivity contribution is -0.150. The van der Waals surface area contributed by atoms with Crippen molar-refractivity contribution in [2.24, 2.45) is 11.8 Å². The topological polar surface area (TPSA) is 90.4 Å². The maximum atomic E-state index is 15.8. The van der Waals surface area contributed by atoms with E-state index in [0.717, 1.165) is 12.8 Å². The Morgan fingerprint density at radius 1 is 1.32 bits per heavy atom. The van der Waals surface area contributed by atoms with Crippen LogP contribution in [0.4, 0.5) is 15.8 Å². The number of carbonyl (C=O) groups is 3. The minimum Gasteiger partial charge on any atom is -0.394 e. The van der Waals surface area contributed by atoms with Crippen molar-refractivity contribution < 1.29 is 28.6 Å². The van der Waals surface area contributed by atoms with Crippen LogP contribution in [0.15, 0.2) is 30.9 Å². The molecule has 9 heteroatoms. The molecular weight excluding hydrogens is 477 g/mol. The van der Waals surface area contributed by atoms with Gasteiger partial charge in [0.05, 0.1) is 30.9 Å². The van der Waals surface area contributed by atoms with Crippen LogP contribution in [0, 0.1) is 11.8 Å². The van der Waals surface area contributed by atoms with Gasteiger partial charge in [-0.2, -0.15) is 0 Å². The molecule has 1 aromatic carbocycles. The van der Waals surface area contributed by atoms with Gasteiger partial charge in [-0.1, -0.05) is 13.0 Å². The van der Waals surface area contributed by atoms with Crippen molar-refractivity contribution in [1.82, 2.24) is 4.90 Å². The molecule has 1 spiro atoms. The van der Waals surface area contributed by atoms with Crippen LogP contribution < -0.4 is 9.80 Å². The highest BCUT2D eigenvalue weighted by Gasteiger charge is 2.66. The lowest BCUT2D eigenvalue weighted by Gasteiger charge is -2.33. The van der Waals surface area contributed by atoms with Gasteiger partial charge in [0, 0.05) is 49.1 Å². The summed E-state index contributed by atoms with van der Waals surface area (Å²) in [4.78, 5) is 44.5. The van der Waals surface area contributed by atoms with Crippen molar-refractivity contribution in [2.75, 3.05) is 36.0 Å². The maximum absolute atomic E-state index is 15.8. The quantitative estimate of drug-likeness (QED) is 0.447. The number of anilines is 2. The van der Waals surface area contributed by atoms with E-state index in [4.69, 9.17) is 4.74 Å². The molecule has 37 heavy (non-hydrogen) atoms. The summed E-state index contributed by atoms with van der Waals surface area (Å²) in [5, 5.41) is 9.70. The standard InChI is InChI=1S/C28H36FN3O5/c1-5-11-32-21-9-8-18(31-13-10-23(31)34)14-20(21)28(26(32)36)17(2)25(27(3,4)29)22(37-28)15-24(35)30-12-6-7-19(30)16-33/h5,8-9,14,17,19,22,25,33H,1,6-7,10-13,15-16H2,2-4H3/t17-,19-,22+,25-,28+/m0/s1. The summed E-state index contributed by atoms with van der Waals surface area (Å²) in [5.74, 6) is -1.81. The smallest absolute Gasteiger partial charge is 0.264 e. The van der Waals surface area contributed by atoms with Crippen LogP contribution in [0.5, 0.6) is 0 Å². The molecule has 3 fully saturated rings. The zero-order chi connectivity index (χ0) is 26.7. The predicted octanol–water partition coefficient (Wildman–Crippen LogP) is 2.92. The van der Waals surface area contributed by atoms with E-state index < -0.39 is 29.2 Å². The van der Waals surface area contributed by atoms with Gasteiger partial charge in [0.1, 0.15) is 5.67 Å². The van der Waals surface area contributed by atoms with Crippen molar-refractivity contribution in [1.29, 1.82) is 0 Å². The molecule has 0 aliphatic carbocycles. The Morgan fingerprint density at radius 3 is 2.68 bits per heavy atom. The Balaban J connectivity index is 1.56. The van der Waals surface area contributed by atoms with Gasteiger partial charge in [0.2, 0.25) is 11.8 Å². The van der Waals surface area contributed by atoms with Gasteiger partial charge < -0.3 is 24.5 Å². The van der Waals surface area contributed by atoms with Crippen LogP contribution in [-0.2, 0) is 24.7 Å². The zero-order valence-corrected chi connectivity index (χ0v) is 21.8. The second-order valence-corrected chi connectivity index (χ2v) is 11.2. The van der Waals surface area contributed by atoms with Crippen molar-refractivity contribution in [3.63, 3.8) is 0 Å². The lowest BCUT2D eigenvalue weighted by atomic mass is 9.71. The maximum Gasteiger partial charge on any atom is 0.264 e. The average Bonchev–Trinajstić information content (AvgIpc) is 3.49. The van der Waals surface area contributed by atoms with Crippen LogP contribution in [-0.4, -0.2) is 71.8 Å². The predicted molar refractivity (Wildman–Crippen MR) is 137 cm³/mol. The molecule has 4 aliphatic rings. The first-order valence-electron chi connectivity index (χ1n) is 13.2. The van der Waals surface area contributed by atoms with E-state index in [9.17, 15) is 19.5 Å². The van der Waals surface area contributed by atoms with Gasteiger partial charge in [-0.25, -0.2) is 4.39 Å². The Labute approximate surface area is 217 Å². The van der Waals surface area contributed by atoms with Gasteiger partial charge >= 0.3 is 0 Å². The number of hydrogen-bond acceptors (Lipinski definition) is 5. The molecule has 1 aromatic rings. The third-order valence-corrected chi connectivity index (χ3v) is 8.70. The molecular formula is C28H36FN3O5. The number of likely N-dealkylation sites (tertiary alicyclic amines) is 1. The number of hydrogen-bond donors (Lipinski definition) is 1. The number of aliphatic hydroxyl groups is 1. The first kappa shape index (κ1) is 25.9. The molecule has 4 aliphatic heterocycles. The number of aliphatic hydroxyl groups excluding tert-OH is 1. The van der Waals surface area contributed by atoms with Gasteiger partial charge in [0.15, 0.2) is 5.60 Å². The lowest BCUT2D eigenvalue weighted by Crippen LogP contribution is -2.46. The second kappa shape index (κ2) is 9.20. The number of amides is 3. The summed E-state index contributed by atoms with van der Waals surface area (Å²) >= 11 is 0. The van der Waals surface area contributed by atoms with E-state index in [0.29, 0.717) is 36.4 Å². The summed E-state index contributed by atoms with van der Waals surface area (Å²) in [6.45, 7) is 9.84. The Hall–Kier alpha value is -2.78. The SMILES string of the molecule is C=CCN1C(=O)[C@]2(O[C@H](CC(=O)N3CCC[C@H]3CO)[C@@H](C(C)(C)F)[C@@H]2C)c2cc(N3CCC3=O)ccc21. The van der Waals surface area contributed by atoms with E-state index in [2.05, 4.69) is 6.58 Å². The molecule has 200 valence electrons. The number of alkyl halides is 1. The molecule has 4 heterocycles. The van der Waals surface area contributed by atoms with Crippen LogP contribution in [0.3, 0.4) is 0 Å². The highest BCUT2D eigenvalue weighted by atomic mass is 19.1. The number of fused-ring (bicyclic) bond motifs is 2. The summed E-state index contributed by atoms with van der Waals surface area (Å²) in [6, 6.07) is 5.20. The number of benzene rings is 1. The van der Waals surface area contributed by atoms with Gasteiger partial charge in [-0.05, 0) is 44.9 Å². The largest absolute Gasteiger partial charge is 0.394 e. The highest BCUT2D eigenvalue weighted by molar-refractivity contribution is 6.09. The first-order chi connectivity index (χ1) is 17.5. The van der Waals surface area contributed by atoms with Crippen molar-refractivity contribution in [3.8, 4) is 0 Å². The van der Waals surface area contributed by atoms with Gasteiger partial charge in [0.25, 0.3) is 5.91 Å². The Kier molecular flexibility index (Phi) is 6.43. The van der Waals surface area contributed by atoms with Crippen LogP contribution in [0.25, 0.3) is 0 Å². The molecule has 5 rings (SSSR count). The van der Waals surface area contributed by atoms with E-state index in [1.807, 2.05) is 25.1 Å². The normalized spacial score (nSPS) is 31.3. The molecule has 1 N–H and O–H groups in total. The molecule has 8 nitrogen and oxygen atoms in total. The van der Waals surface area contributed by atoms with E-state index in [1.54, 1.807) is 20.8 Å². The molecule has 3 amide bonds. The highest BCUT2D eigenvalue weighted by Crippen LogP contribution is 2.59. The van der Waals surface area contributed by atoms with Crippen molar-refractivity contribution >= 4 is 29.1 Å². The molecule has 0 unspecified atom stereocenters. The second-order valence-electron chi connectivity index (χ2n) is 11.2. The molecule has 0 bridgehead atoms. The molecule has 0 radical (unpaired) electrons. The van der Waals surface area contributed by atoms with Gasteiger partial charge in [-0.15, -0.1) is 6.58 Å². The monoisotopic (exact) mass is 513 g/mol. The van der Waals surface area contributed by atoms with E-state index >= 15 is 4.39 Å². The third kappa shape index (κ3) is 3.89. The van der Waals surface area contributed by atoms with Crippen LogP contribution in [0.1, 0.15) is 52.0 Å². The minimum absolute atomic E-state index is 0.0111. The zero-order valence-electron chi connectivity index (χ0n) is 21.8. The number of rotatable bonds is 7. The number of halogens is 1. The number of β-lactam (4-membered cyclic amide) rings is 1. The van der Waals surface area contributed by atoms with Crippen LogP contribution in [0.2, 0.25) is 0 Å². The summed E-state index contributed by atoms with van der Waals surface area (Å²) in [6.07, 6.45) is 2.73. The van der Waals surface area contributed by atoms with Crippen molar-refractivity contribution in [3.05, 3.63) is 36.4 Å². The van der Waals surface area contributed by atoms with Gasteiger partial charge in [-0.3, -0.25) is 14.4 Å². The number of carbonyl (C=O) groups excluding carboxylic acids is 3. The fourth-order valence-electron chi connectivity index (χ4n) is 6.94. The third-order valence-electron chi connectivity index (χ3n) is 8.70. The van der Waals surface area contributed by atoms with Crippen LogP contribution >= 0.6 is 0 Å². The minimum atomic E-state index is -1.73. The molecule has 3 saturated heterocycles. The fourth-order valence-corrected chi connectivity index (χ4v) is 6.94. The van der Waals surface area contributed by atoms with E-state index in [-0.39, 0.29) is 43.3 Å². The Bertz CT molecular complexity index is 1130. The summed E-state index contributed by atoms with van der Waals surface area (Å²) in [7, 11) is 0.